The van der Waals surface area contributed by atoms with Crippen LogP contribution in [0, 0.1) is 13.8 Å². The van der Waals surface area contributed by atoms with Gasteiger partial charge in [-0.1, -0.05) is 29.8 Å². The Hall–Kier alpha value is -3.21. The minimum Gasteiger partial charge on any atom is -0.497 e. The van der Waals surface area contributed by atoms with E-state index < -0.39 is 5.91 Å². The second kappa shape index (κ2) is 8.21. The number of hydrogen-bond donors (Lipinski definition) is 1. The van der Waals surface area contributed by atoms with Crippen molar-refractivity contribution in [3.05, 3.63) is 70.9 Å². The molecular weight excluding hydrogens is 352 g/mol. The van der Waals surface area contributed by atoms with E-state index >= 15 is 0 Å². The van der Waals surface area contributed by atoms with E-state index in [1.165, 1.54) is 5.56 Å². The molecule has 3 rings (SSSR count). The van der Waals surface area contributed by atoms with Gasteiger partial charge in [-0.2, -0.15) is 0 Å². The fraction of sp³-hybridized carbons (Fsp3) is 0.261. The van der Waals surface area contributed by atoms with Gasteiger partial charge in [0.15, 0.2) is 0 Å². The summed E-state index contributed by atoms with van der Waals surface area (Å²) < 4.78 is 13.0. The lowest BCUT2D eigenvalue weighted by atomic mass is 10.1. The Bertz CT molecular complexity index is 988. The Kier molecular flexibility index (Phi) is 5.73. The van der Waals surface area contributed by atoms with Gasteiger partial charge >= 0.3 is 0 Å². The van der Waals surface area contributed by atoms with Crippen LogP contribution in [0.2, 0.25) is 0 Å². The van der Waals surface area contributed by atoms with E-state index in [0.717, 1.165) is 40.4 Å². The first-order valence-corrected chi connectivity index (χ1v) is 9.22. The van der Waals surface area contributed by atoms with Crippen molar-refractivity contribution < 1.29 is 14.3 Å². The molecule has 0 aliphatic heterocycles. The predicted octanol–water partition coefficient (Wildman–Crippen LogP) is 4.13. The van der Waals surface area contributed by atoms with E-state index in [-0.39, 0.29) is 0 Å². The van der Waals surface area contributed by atoms with Gasteiger partial charge in [0.05, 0.1) is 19.8 Å². The Labute approximate surface area is 165 Å². The number of benzene rings is 2. The van der Waals surface area contributed by atoms with Gasteiger partial charge < -0.3 is 19.8 Å². The predicted molar refractivity (Wildman–Crippen MR) is 111 cm³/mol. The number of ether oxygens (including phenoxy) is 2. The lowest BCUT2D eigenvalue weighted by molar-refractivity contribution is 0.0999. The maximum atomic E-state index is 11.9. The second-order valence-electron chi connectivity index (χ2n) is 6.84. The zero-order valence-corrected chi connectivity index (χ0v) is 16.8. The highest BCUT2D eigenvalue weighted by molar-refractivity contribution is 5.95. The van der Waals surface area contributed by atoms with Gasteiger partial charge in [0.2, 0.25) is 0 Å². The molecule has 0 fully saturated rings. The molecule has 0 aliphatic rings. The van der Waals surface area contributed by atoms with Crippen molar-refractivity contribution >= 4 is 5.91 Å². The van der Waals surface area contributed by atoms with Crippen LogP contribution in [-0.4, -0.2) is 24.7 Å². The van der Waals surface area contributed by atoms with Crippen molar-refractivity contribution in [1.29, 1.82) is 0 Å². The number of methoxy groups -OCH3 is 2. The number of nitrogens with zero attached hydrogens (tertiary/aromatic N) is 1. The molecule has 0 radical (unpaired) electrons. The summed E-state index contributed by atoms with van der Waals surface area (Å²) in [6.45, 7) is 4.67. The molecular formula is C23H26N2O3. The van der Waals surface area contributed by atoms with Crippen molar-refractivity contribution in [3.8, 4) is 22.8 Å². The molecule has 0 unspecified atom stereocenters. The van der Waals surface area contributed by atoms with Crippen molar-refractivity contribution in [2.75, 3.05) is 14.2 Å². The number of rotatable bonds is 7. The summed E-state index contributed by atoms with van der Waals surface area (Å²) in [6.07, 6.45) is 0.729. The van der Waals surface area contributed by atoms with Crippen LogP contribution in [0.1, 0.15) is 27.2 Å². The Morgan fingerprint density at radius 2 is 1.71 bits per heavy atom. The molecule has 1 aromatic heterocycles. The average molecular weight is 378 g/mol. The first-order valence-electron chi connectivity index (χ1n) is 9.22. The molecule has 1 heterocycles. The van der Waals surface area contributed by atoms with Crippen molar-refractivity contribution in [2.24, 2.45) is 5.73 Å². The third-order valence-corrected chi connectivity index (χ3v) is 5.07. The first-order chi connectivity index (χ1) is 13.4. The molecule has 0 saturated heterocycles. The molecule has 2 N–H and O–H groups in total. The van der Waals surface area contributed by atoms with Gasteiger partial charge in [-0.15, -0.1) is 0 Å². The van der Waals surface area contributed by atoms with Crippen LogP contribution in [0.15, 0.2) is 48.5 Å². The summed E-state index contributed by atoms with van der Waals surface area (Å²) in [4.78, 5) is 11.9. The average Bonchev–Trinajstić information content (AvgIpc) is 3.03. The van der Waals surface area contributed by atoms with E-state index in [1.807, 2.05) is 31.2 Å². The number of aromatic nitrogens is 1. The van der Waals surface area contributed by atoms with Gasteiger partial charge in [0.1, 0.15) is 11.5 Å². The molecule has 0 atom stereocenters. The molecule has 1 amide bonds. The zero-order chi connectivity index (χ0) is 20.3. The monoisotopic (exact) mass is 378 g/mol. The van der Waals surface area contributed by atoms with Crippen LogP contribution in [0.25, 0.3) is 11.3 Å². The van der Waals surface area contributed by atoms with Crippen LogP contribution >= 0.6 is 0 Å². The third kappa shape index (κ3) is 3.88. The summed E-state index contributed by atoms with van der Waals surface area (Å²) in [6, 6.07) is 15.9. The standard InChI is InChI=1S/C23H26N2O3/c1-15-5-7-17(8-6-15)21-14-20(23(24)26)16(2)25(21)12-11-18-13-19(27-3)9-10-22(18)28-4/h5-10,13-14H,11-12H2,1-4H3,(H2,24,26). The SMILES string of the molecule is COc1ccc(OC)c(CCn2c(-c3ccc(C)cc3)cc(C(N)=O)c2C)c1. The van der Waals surface area contributed by atoms with Crippen LogP contribution in [0.5, 0.6) is 11.5 Å². The molecule has 28 heavy (non-hydrogen) atoms. The molecule has 5 heteroatoms. The lowest BCUT2D eigenvalue weighted by Gasteiger charge is -2.15. The lowest BCUT2D eigenvalue weighted by Crippen LogP contribution is -2.13. The Morgan fingerprint density at radius 3 is 2.32 bits per heavy atom. The number of nitrogens with two attached hydrogens (primary N) is 1. The van der Waals surface area contributed by atoms with Gasteiger partial charge in [0.25, 0.3) is 5.91 Å². The maximum Gasteiger partial charge on any atom is 0.250 e. The smallest absolute Gasteiger partial charge is 0.250 e. The zero-order valence-electron chi connectivity index (χ0n) is 16.8. The number of hydrogen-bond acceptors (Lipinski definition) is 3. The molecule has 5 nitrogen and oxygen atoms in total. The van der Waals surface area contributed by atoms with Gasteiger partial charge in [-0.3, -0.25) is 4.79 Å². The van der Waals surface area contributed by atoms with E-state index in [4.69, 9.17) is 15.2 Å². The minimum absolute atomic E-state index is 0.413. The second-order valence-corrected chi connectivity index (χ2v) is 6.84. The molecule has 0 saturated carbocycles. The van der Waals surface area contributed by atoms with Crippen LogP contribution in [-0.2, 0) is 13.0 Å². The van der Waals surface area contributed by atoms with Crippen molar-refractivity contribution in [3.63, 3.8) is 0 Å². The molecule has 0 bridgehead atoms. The Balaban J connectivity index is 1.99. The van der Waals surface area contributed by atoms with Gasteiger partial charge in [0, 0.05) is 17.9 Å². The van der Waals surface area contributed by atoms with E-state index in [2.05, 4.69) is 35.8 Å². The summed E-state index contributed by atoms with van der Waals surface area (Å²) in [7, 11) is 3.31. The third-order valence-electron chi connectivity index (χ3n) is 5.07. The van der Waals surface area contributed by atoms with Crippen molar-refractivity contribution in [2.45, 2.75) is 26.8 Å². The summed E-state index contributed by atoms with van der Waals surface area (Å²) in [5.74, 6) is 1.19. The Morgan fingerprint density at radius 1 is 1.00 bits per heavy atom. The highest BCUT2D eigenvalue weighted by Crippen LogP contribution is 2.29. The normalized spacial score (nSPS) is 10.7. The molecule has 3 aromatic rings. The highest BCUT2D eigenvalue weighted by atomic mass is 16.5. The topological polar surface area (TPSA) is 66.5 Å². The van der Waals surface area contributed by atoms with Crippen LogP contribution in [0.4, 0.5) is 0 Å². The van der Waals surface area contributed by atoms with E-state index in [1.54, 1.807) is 14.2 Å². The minimum atomic E-state index is -0.413. The van der Waals surface area contributed by atoms with Crippen LogP contribution < -0.4 is 15.2 Å². The number of carbonyl (C=O) groups excluding carboxylic acids is 1. The summed E-state index contributed by atoms with van der Waals surface area (Å²) in [5.41, 5.74) is 11.3. The highest BCUT2D eigenvalue weighted by Gasteiger charge is 2.17. The first kappa shape index (κ1) is 19.5. The summed E-state index contributed by atoms with van der Waals surface area (Å²) in [5, 5.41) is 0. The quantitative estimate of drug-likeness (QED) is 0.672. The summed E-state index contributed by atoms with van der Waals surface area (Å²) >= 11 is 0. The fourth-order valence-electron chi connectivity index (χ4n) is 3.46. The number of aryl methyl sites for hydroxylation is 2. The van der Waals surface area contributed by atoms with E-state index in [9.17, 15) is 4.79 Å². The number of amides is 1. The molecule has 2 aromatic carbocycles. The number of primary amides is 1. The number of carbonyl (C=O) groups is 1. The molecule has 0 spiro atoms. The molecule has 146 valence electrons. The van der Waals surface area contributed by atoms with E-state index in [0.29, 0.717) is 12.1 Å². The maximum absolute atomic E-state index is 11.9. The van der Waals surface area contributed by atoms with Gasteiger partial charge in [-0.25, -0.2) is 0 Å². The van der Waals surface area contributed by atoms with Crippen LogP contribution in [0.3, 0.4) is 0 Å². The molecule has 0 aliphatic carbocycles. The largest absolute Gasteiger partial charge is 0.497 e. The van der Waals surface area contributed by atoms with Gasteiger partial charge in [-0.05, 0) is 55.7 Å². The van der Waals surface area contributed by atoms with Crippen molar-refractivity contribution in [1.82, 2.24) is 4.57 Å². The fourth-order valence-corrected chi connectivity index (χ4v) is 3.46.